The molecule has 0 aliphatic carbocycles. The van der Waals surface area contributed by atoms with Crippen LogP contribution < -0.4 is 5.32 Å². The lowest BCUT2D eigenvalue weighted by Crippen LogP contribution is -2.47. The van der Waals surface area contributed by atoms with E-state index < -0.39 is 0 Å². The average molecular weight is 420 g/mol. The van der Waals surface area contributed by atoms with E-state index in [9.17, 15) is 9.59 Å². The Morgan fingerprint density at radius 1 is 1.14 bits per heavy atom. The molecule has 2 heterocycles. The minimum absolute atomic E-state index is 0.106. The molecule has 5 nitrogen and oxygen atoms in total. The maximum absolute atomic E-state index is 13.3. The van der Waals surface area contributed by atoms with E-state index in [1.807, 2.05) is 4.90 Å². The van der Waals surface area contributed by atoms with Crippen LogP contribution >= 0.6 is 23.2 Å². The second-order valence-corrected chi connectivity index (χ2v) is 8.07. The number of halogens is 2. The fourth-order valence-electron chi connectivity index (χ4n) is 3.65. The number of likely N-dealkylation sites (tertiary alicyclic amines) is 1. The van der Waals surface area contributed by atoms with E-state index in [0.717, 1.165) is 24.8 Å². The van der Waals surface area contributed by atoms with Gasteiger partial charge in [-0.25, -0.2) is 4.98 Å². The summed E-state index contributed by atoms with van der Waals surface area (Å²) in [5, 5.41) is 3.68. The number of amides is 2. The fraction of sp³-hybridized carbons (Fsp3) is 0.381. The minimum Gasteiger partial charge on any atom is -0.333 e. The highest BCUT2D eigenvalue weighted by Crippen LogP contribution is 2.29. The van der Waals surface area contributed by atoms with Gasteiger partial charge in [0.15, 0.2) is 0 Å². The summed E-state index contributed by atoms with van der Waals surface area (Å²) < 4.78 is 0. The first-order valence-corrected chi connectivity index (χ1v) is 10.1. The number of hydrogen-bond donors (Lipinski definition) is 1. The quantitative estimate of drug-likeness (QED) is 0.711. The summed E-state index contributed by atoms with van der Waals surface area (Å²) in [4.78, 5) is 31.6. The highest BCUT2D eigenvalue weighted by atomic mass is 35.5. The zero-order valence-corrected chi connectivity index (χ0v) is 17.4. The molecule has 1 fully saturated rings. The third-order valence-corrected chi connectivity index (χ3v) is 5.53. The molecule has 0 saturated carbocycles. The standard InChI is InChI=1S/C21H23Cl2N3O2/c1-13-4-3-5-14(2)26(13)21(28)17-11-16(22)7-8-18(17)25-20(27)10-15-6-9-19(23)24-12-15/h6-9,11-14H,3-5,10H2,1-2H3,(H,25,27). The van der Waals surface area contributed by atoms with Crippen molar-refractivity contribution in [2.75, 3.05) is 5.32 Å². The molecule has 2 atom stereocenters. The fourth-order valence-corrected chi connectivity index (χ4v) is 3.94. The maximum atomic E-state index is 13.3. The van der Waals surface area contributed by atoms with Gasteiger partial charge in [0.1, 0.15) is 5.15 Å². The van der Waals surface area contributed by atoms with Crippen LogP contribution in [0.25, 0.3) is 0 Å². The number of carbonyl (C=O) groups is 2. The van der Waals surface area contributed by atoms with Crippen molar-refractivity contribution in [2.24, 2.45) is 0 Å². The SMILES string of the molecule is CC1CCCC(C)N1C(=O)c1cc(Cl)ccc1NC(=O)Cc1ccc(Cl)nc1. The molecule has 1 aliphatic rings. The van der Waals surface area contributed by atoms with Gasteiger partial charge in [-0.3, -0.25) is 9.59 Å². The van der Waals surface area contributed by atoms with Crippen molar-refractivity contribution in [3.05, 3.63) is 57.8 Å². The molecular weight excluding hydrogens is 397 g/mol. The number of piperidine rings is 1. The van der Waals surface area contributed by atoms with Gasteiger partial charge in [0.25, 0.3) is 5.91 Å². The monoisotopic (exact) mass is 419 g/mol. The largest absolute Gasteiger partial charge is 0.333 e. The summed E-state index contributed by atoms with van der Waals surface area (Å²) in [7, 11) is 0. The van der Waals surface area contributed by atoms with Crippen molar-refractivity contribution in [3.8, 4) is 0 Å². The van der Waals surface area contributed by atoms with Crippen LogP contribution in [-0.2, 0) is 11.2 Å². The Hall–Kier alpha value is -2.11. The second kappa shape index (κ2) is 8.93. The smallest absolute Gasteiger partial charge is 0.256 e. The molecule has 1 aliphatic heterocycles. The number of pyridine rings is 1. The summed E-state index contributed by atoms with van der Waals surface area (Å²) in [5.74, 6) is -0.342. The lowest BCUT2D eigenvalue weighted by atomic mass is 9.96. The number of hydrogen-bond acceptors (Lipinski definition) is 3. The molecule has 0 radical (unpaired) electrons. The summed E-state index contributed by atoms with van der Waals surface area (Å²) in [6.07, 6.45) is 4.76. The number of anilines is 1. The molecule has 1 aromatic carbocycles. The van der Waals surface area contributed by atoms with Crippen LogP contribution in [0.5, 0.6) is 0 Å². The van der Waals surface area contributed by atoms with Crippen molar-refractivity contribution < 1.29 is 9.59 Å². The van der Waals surface area contributed by atoms with E-state index in [-0.39, 0.29) is 30.3 Å². The normalized spacial score (nSPS) is 19.4. The third-order valence-electron chi connectivity index (χ3n) is 5.07. The van der Waals surface area contributed by atoms with Crippen LogP contribution in [0.15, 0.2) is 36.5 Å². The lowest BCUT2D eigenvalue weighted by molar-refractivity contribution is -0.115. The van der Waals surface area contributed by atoms with E-state index in [1.54, 1.807) is 36.5 Å². The first kappa shape index (κ1) is 20.6. The third kappa shape index (κ3) is 4.83. The number of nitrogens with one attached hydrogen (secondary N) is 1. The van der Waals surface area contributed by atoms with Crippen molar-refractivity contribution in [1.29, 1.82) is 0 Å². The highest BCUT2D eigenvalue weighted by Gasteiger charge is 2.31. The van der Waals surface area contributed by atoms with Crippen molar-refractivity contribution >= 4 is 40.7 Å². The van der Waals surface area contributed by atoms with E-state index in [4.69, 9.17) is 23.2 Å². The van der Waals surface area contributed by atoms with E-state index >= 15 is 0 Å². The van der Waals surface area contributed by atoms with Crippen LogP contribution in [0.2, 0.25) is 10.2 Å². The number of rotatable bonds is 4. The van der Waals surface area contributed by atoms with Gasteiger partial charge in [-0.1, -0.05) is 29.3 Å². The van der Waals surface area contributed by atoms with E-state index in [1.165, 1.54) is 0 Å². The predicted molar refractivity (Wildman–Crippen MR) is 112 cm³/mol. The molecule has 2 aromatic rings. The van der Waals surface area contributed by atoms with Crippen LogP contribution in [0, 0.1) is 0 Å². The van der Waals surface area contributed by atoms with Crippen molar-refractivity contribution in [3.63, 3.8) is 0 Å². The van der Waals surface area contributed by atoms with Crippen LogP contribution in [0.4, 0.5) is 5.69 Å². The van der Waals surface area contributed by atoms with Crippen LogP contribution in [-0.4, -0.2) is 33.8 Å². The Bertz CT molecular complexity index is 860. The van der Waals surface area contributed by atoms with Gasteiger partial charge in [-0.05, 0) is 62.9 Å². The van der Waals surface area contributed by atoms with Gasteiger partial charge in [-0.15, -0.1) is 0 Å². The zero-order chi connectivity index (χ0) is 20.3. The Morgan fingerprint density at radius 2 is 1.86 bits per heavy atom. The minimum atomic E-state index is -0.236. The topological polar surface area (TPSA) is 62.3 Å². The Labute approximate surface area is 175 Å². The number of carbonyl (C=O) groups excluding carboxylic acids is 2. The molecule has 2 unspecified atom stereocenters. The van der Waals surface area contributed by atoms with Crippen LogP contribution in [0.3, 0.4) is 0 Å². The molecule has 0 spiro atoms. The second-order valence-electron chi connectivity index (χ2n) is 7.25. The summed E-state index contributed by atoms with van der Waals surface area (Å²) in [6, 6.07) is 8.66. The number of aromatic nitrogens is 1. The summed E-state index contributed by atoms with van der Waals surface area (Å²) >= 11 is 11.9. The molecular formula is C21H23Cl2N3O2. The molecule has 1 N–H and O–H groups in total. The number of benzene rings is 1. The zero-order valence-electron chi connectivity index (χ0n) is 15.9. The molecule has 1 aromatic heterocycles. The van der Waals surface area contributed by atoms with Crippen molar-refractivity contribution in [2.45, 2.75) is 51.6 Å². The van der Waals surface area contributed by atoms with Crippen molar-refractivity contribution in [1.82, 2.24) is 9.88 Å². The Kier molecular flexibility index (Phi) is 6.57. The van der Waals surface area contributed by atoms with Gasteiger partial charge in [0, 0.05) is 23.3 Å². The molecule has 7 heteroatoms. The van der Waals surface area contributed by atoms with Gasteiger partial charge in [-0.2, -0.15) is 0 Å². The molecule has 3 rings (SSSR count). The van der Waals surface area contributed by atoms with Gasteiger partial charge >= 0.3 is 0 Å². The Morgan fingerprint density at radius 3 is 2.50 bits per heavy atom. The average Bonchev–Trinajstić information content (AvgIpc) is 2.65. The van der Waals surface area contributed by atoms with E-state index in [2.05, 4.69) is 24.1 Å². The summed E-state index contributed by atoms with van der Waals surface area (Å²) in [6.45, 7) is 4.12. The van der Waals surface area contributed by atoms with Gasteiger partial charge in [0.2, 0.25) is 5.91 Å². The maximum Gasteiger partial charge on any atom is 0.256 e. The molecule has 148 valence electrons. The van der Waals surface area contributed by atoms with Crippen LogP contribution in [0.1, 0.15) is 49.0 Å². The highest BCUT2D eigenvalue weighted by molar-refractivity contribution is 6.31. The number of nitrogens with zero attached hydrogens (tertiary/aromatic N) is 2. The molecule has 1 saturated heterocycles. The van der Waals surface area contributed by atoms with E-state index in [0.29, 0.717) is 21.4 Å². The molecule has 2 amide bonds. The van der Waals surface area contributed by atoms with Gasteiger partial charge < -0.3 is 10.2 Å². The van der Waals surface area contributed by atoms with Gasteiger partial charge in [0.05, 0.1) is 17.7 Å². The molecule has 28 heavy (non-hydrogen) atoms. The lowest BCUT2D eigenvalue weighted by Gasteiger charge is -2.39. The molecule has 0 bridgehead atoms. The summed E-state index contributed by atoms with van der Waals surface area (Å²) in [5.41, 5.74) is 1.61. The first-order chi connectivity index (χ1) is 13.3. The first-order valence-electron chi connectivity index (χ1n) is 9.37. The predicted octanol–water partition coefficient (Wildman–Crippen LogP) is 4.97. The Balaban J connectivity index is 1.81.